The summed E-state index contributed by atoms with van der Waals surface area (Å²) in [5, 5.41) is 5.73. The van der Waals surface area contributed by atoms with Gasteiger partial charge in [0, 0.05) is 17.3 Å². The minimum absolute atomic E-state index is 0.101. The van der Waals surface area contributed by atoms with Crippen LogP contribution in [0.2, 0.25) is 0 Å². The Balaban J connectivity index is 1.77. The van der Waals surface area contributed by atoms with Gasteiger partial charge in [0.1, 0.15) is 6.26 Å². The molecule has 1 aromatic heterocycles. The van der Waals surface area contributed by atoms with Crippen molar-refractivity contribution >= 4 is 17.5 Å². The fourth-order valence-electron chi connectivity index (χ4n) is 1.98. The molecule has 2 N–H and O–H groups in total. The number of aryl methyl sites for hydroxylation is 1. The Morgan fingerprint density at radius 2 is 1.95 bits per heavy atom. The molecule has 3 rings (SSSR count). The average Bonchev–Trinajstić information content (AvgIpc) is 3.10. The highest BCUT2D eigenvalue weighted by atomic mass is 16.3. The van der Waals surface area contributed by atoms with E-state index in [0.717, 1.165) is 18.4 Å². The molecule has 2 amide bonds. The Kier molecular flexibility index (Phi) is 3.48. The van der Waals surface area contributed by atoms with Crippen molar-refractivity contribution < 1.29 is 14.0 Å². The summed E-state index contributed by atoms with van der Waals surface area (Å²) in [6.45, 7) is 1.88. The van der Waals surface area contributed by atoms with Crippen molar-refractivity contribution in [2.24, 2.45) is 0 Å². The molecule has 1 fully saturated rings. The lowest BCUT2D eigenvalue weighted by atomic mass is 10.1. The second-order valence-corrected chi connectivity index (χ2v) is 5.24. The molecule has 108 valence electrons. The van der Waals surface area contributed by atoms with Gasteiger partial charge in [-0.05, 0) is 43.5 Å². The summed E-state index contributed by atoms with van der Waals surface area (Å²) in [7, 11) is 0. The van der Waals surface area contributed by atoms with Gasteiger partial charge in [-0.15, -0.1) is 0 Å². The SMILES string of the molecule is Cc1ccc(C(=O)NC2CC2)cc1NC(=O)c1ccoc1. The van der Waals surface area contributed by atoms with Gasteiger partial charge < -0.3 is 15.1 Å². The molecule has 1 aromatic carbocycles. The molecular weight excluding hydrogens is 268 g/mol. The van der Waals surface area contributed by atoms with Crippen LogP contribution in [0, 0.1) is 6.92 Å². The number of rotatable bonds is 4. The van der Waals surface area contributed by atoms with Crippen LogP contribution in [0.4, 0.5) is 5.69 Å². The summed E-state index contributed by atoms with van der Waals surface area (Å²) in [6, 6.07) is 7.19. The Morgan fingerprint density at radius 3 is 2.62 bits per heavy atom. The average molecular weight is 284 g/mol. The molecule has 0 unspecified atom stereocenters. The summed E-state index contributed by atoms with van der Waals surface area (Å²) in [5.74, 6) is -0.358. The first kappa shape index (κ1) is 13.4. The molecule has 0 aliphatic heterocycles. The number of carbonyl (C=O) groups excluding carboxylic acids is 2. The second-order valence-electron chi connectivity index (χ2n) is 5.24. The largest absolute Gasteiger partial charge is 0.472 e. The van der Waals surface area contributed by atoms with Crippen LogP contribution in [0.25, 0.3) is 0 Å². The predicted molar refractivity (Wildman–Crippen MR) is 78.3 cm³/mol. The monoisotopic (exact) mass is 284 g/mol. The third-order valence-corrected chi connectivity index (χ3v) is 3.44. The highest BCUT2D eigenvalue weighted by Gasteiger charge is 2.24. The standard InChI is InChI=1S/C16H16N2O3/c1-10-2-3-11(15(19)17-13-4-5-13)8-14(10)18-16(20)12-6-7-21-9-12/h2-3,6-9,13H,4-5H2,1H3,(H,17,19)(H,18,20). The van der Waals surface area contributed by atoms with Gasteiger partial charge in [-0.2, -0.15) is 0 Å². The zero-order chi connectivity index (χ0) is 14.8. The smallest absolute Gasteiger partial charge is 0.258 e. The van der Waals surface area contributed by atoms with Crippen LogP contribution in [0.1, 0.15) is 39.1 Å². The van der Waals surface area contributed by atoms with Crippen LogP contribution < -0.4 is 10.6 Å². The van der Waals surface area contributed by atoms with Crippen LogP contribution in [-0.2, 0) is 0 Å². The topological polar surface area (TPSA) is 71.3 Å². The molecule has 1 heterocycles. The number of hydrogen-bond acceptors (Lipinski definition) is 3. The Morgan fingerprint density at radius 1 is 1.14 bits per heavy atom. The van der Waals surface area contributed by atoms with Gasteiger partial charge in [-0.25, -0.2) is 0 Å². The second kappa shape index (κ2) is 5.44. The van der Waals surface area contributed by atoms with E-state index in [9.17, 15) is 9.59 Å². The molecule has 0 radical (unpaired) electrons. The van der Waals surface area contributed by atoms with Crippen LogP contribution in [0.15, 0.2) is 41.2 Å². The highest BCUT2D eigenvalue weighted by Crippen LogP contribution is 2.21. The van der Waals surface area contributed by atoms with E-state index in [2.05, 4.69) is 10.6 Å². The molecule has 5 heteroatoms. The van der Waals surface area contributed by atoms with Crippen molar-refractivity contribution in [3.63, 3.8) is 0 Å². The lowest BCUT2D eigenvalue weighted by Gasteiger charge is -2.10. The van der Waals surface area contributed by atoms with Gasteiger partial charge in [0.25, 0.3) is 11.8 Å². The summed E-state index contributed by atoms with van der Waals surface area (Å²) in [6.07, 6.45) is 4.92. The minimum Gasteiger partial charge on any atom is -0.472 e. The molecule has 1 aliphatic rings. The first-order valence-corrected chi connectivity index (χ1v) is 6.88. The fraction of sp³-hybridized carbons (Fsp3) is 0.250. The molecule has 2 aromatic rings. The molecule has 0 atom stereocenters. The van der Waals surface area contributed by atoms with Crippen LogP contribution in [0.5, 0.6) is 0 Å². The van der Waals surface area contributed by atoms with E-state index in [1.54, 1.807) is 18.2 Å². The molecule has 0 spiro atoms. The molecule has 5 nitrogen and oxygen atoms in total. The van der Waals surface area contributed by atoms with Crippen LogP contribution in [-0.4, -0.2) is 17.9 Å². The van der Waals surface area contributed by atoms with E-state index in [4.69, 9.17) is 4.42 Å². The third kappa shape index (κ3) is 3.13. The first-order chi connectivity index (χ1) is 10.1. The maximum absolute atomic E-state index is 12.0. The minimum atomic E-state index is -0.258. The van der Waals surface area contributed by atoms with Crippen molar-refractivity contribution in [2.45, 2.75) is 25.8 Å². The number of benzene rings is 1. The predicted octanol–water partition coefficient (Wildman–Crippen LogP) is 2.73. The number of furan rings is 1. The number of nitrogens with one attached hydrogen (secondary N) is 2. The number of hydrogen-bond donors (Lipinski definition) is 2. The highest BCUT2D eigenvalue weighted by molar-refractivity contribution is 6.05. The van der Waals surface area contributed by atoms with Crippen LogP contribution in [0.3, 0.4) is 0 Å². The third-order valence-electron chi connectivity index (χ3n) is 3.44. The Hall–Kier alpha value is -2.56. The maximum atomic E-state index is 12.0. The molecule has 1 saturated carbocycles. The molecule has 0 bridgehead atoms. The Bertz CT molecular complexity index is 673. The zero-order valence-electron chi connectivity index (χ0n) is 11.7. The quantitative estimate of drug-likeness (QED) is 0.906. The number of carbonyl (C=O) groups is 2. The van der Waals surface area contributed by atoms with E-state index in [1.165, 1.54) is 12.5 Å². The Labute approximate surface area is 122 Å². The maximum Gasteiger partial charge on any atom is 0.258 e. The van der Waals surface area contributed by atoms with Crippen molar-refractivity contribution in [2.75, 3.05) is 5.32 Å². The van der Waals surface area contributed by atoms with E-state index in [0.29, 0.717) is 22.9 Å². The summed E-state index contributed by atoms with van der Waals surface area (Å²) >= 11 is 0. The van der Waals surface area contributed by atoms with Gasteiger partial charge in [0.2, 0.25) is 0 Å². The zero-order valence-corrected chi connectivity index (χ0v) is 11.7. The van der Waals surface area contributed by atoms with Gasteiger partial charge in [-0.3, -0.25) is 9.59 Å². The van der Waals surface area contributed by atoms with E-state index < -0.39 is 0 Å². The van der Waals surface area contributed by atoms with Gasteiger partial charge >= 0.3 is 0 Å². The fourth-order valence-corrected chi connectivity index (χ4v) is 1.98. The van der Waals surface area contributed by atoms with Crippen molar-refractivity contribution in [1.29, 1.82) is 0 Å². The van der Waals surface area contributed by atoms with Crippen molar-refractivity contribution in [3.8, 4) is 0 Å². The van der Waals surface area contributed by atoms with Gasteiger partial charge in [0.15, 0.2) is 0 Å². The first-order valence-electron chi connectivity index (χ1n) is 6.88. The molecule has 21 heavy (non-hydrogen) atoms. The van der Waals surface area contributed by atoms with E-state index in [-0.39, 0.29) is 11.8 Å². The normalized spacial score (nSPS) is 13.8. The van der Waals surface area contributed by atoms with Crippen molar-refractivity contribution in [1.82, 2.24) is 5.32 Å². The molecule has 0 saturated heterocycles. The van der Waals surface area contributed by atoms with E-state index in [1.807, 2.05) is 13.0 Å². The van der Waals surface area contributed by atoms with Gasteiger partial charge in [0.05, 0.1) is 11.8 Å². The van der Waals surface area contributed by atoms with Crippen LogP contribution >= 0.6 is 0 Å². The molecular formula is C16H16N2O3. The summed E-state index contributed by atoms with van der Waals surface area (Å²) < 4.78 is 4.89. The summed E-state index contributed by atoms with van der Waals surface area (Å²) in [4.78, 5) is 24.1. The number of anilines is 1. The van der Waals surface area contributed by atoms with Crippen molar-refractivity contribution in [3.05, 3.63) is 53.5 Å². The molecule has 1 aliphatic carbocycles. The van der Waals surface area contributed by atoms with Gasteiger partial charge in [-0.1, -0.05) is 6.07 Å². The number of amides is 2. The van der Waals surface area contributed by atoms with E-state index >= 15 is 0 Å². The summed E-state index contributed by atoms with van der Waals surface area (Å²) in [5.41, 5.74) is 2.52. The lowest BCUT2D eigenvalue weighted by molar-refractivity contribution is 0.0949. The lowest BCUT2D eigenvalue weighted by Crippen LogP contribution is -2.25.